The highest BCUT2D eigenvalue weighted by Gasteiger charge is 2.52. The van der Waals surface area contributed by atoms with Crippen molar-refractivity contribution in [3.05, 3.63) is 0 Å². The van der Waals surface area contributed by atoms with Crippen molar-refractivity contribution < 1.29 is 0 Å². The summed E-state index contributed by atoms with van der Waals surface area (Å²) < 4.78 is 0. The molecule has 2 aliphatic rings. The summed E-state index contributed by atoms with van der Waals surface area (Å²) in [4.78, 5) is 0. The molecular formula is C15H29P. The summed E-state index contributed by atoms with van der Waals surface area (Å²) in [7, 11) is 0.187. The van der Waals surface area contributed by atoms with Crippen LogP contribution >= 0.6 is 7.92 Å². The van der Waals surface area contributed by atoms with Gasteiger partial charge in [0.25, 0.3) is 0 Å². The molecule has 0 aromatic heterocycles. The van der Waals surface area contributed by atoms with Crippen LogP contribution in [-0.2, 0) is 0 Å². The normalized spacial score (nSPS) is 43.1. The van der Waals surface area contributed by atoms with E-state index in [1.165, 1.54) is 38.5 Å². The van der Waals surface area contributed by atoms with Gasteiger partial charge in [-0.25, -0.2) is 0 Å². The first-order valence-corrected chi connectivity index (χ1v) is 8.58. The Hall–Kier alpha value is 0.430. The van der Waals surface area contributed by atoms with Crippen LogP contribution in [0.25, 0.3) is 0 Å². The second kappa shape index (κ2) is 4.27. The molecule has 1 saturated heterocycles. The van der Waals surface area contributed by atoms with Gasteiger partial charge in [-0.3, -0.25) is 0 Å². The molecular weight excluding hydrogens is 211 g/mol. The minimum absolute atomic E-state index is 0.187. The quantitative estimate of drug-likeness (QED) is 0.538. The summed E-state index contributed by atoms with van der Waals surface area (Å²) in [5.41, 5.74) is 0.913. The van der Waals surface area contributed by atoms with Crippen LogP contribution in [0.2, 0.25) is 0 Å². The first-order chi connectivity index (χ1) is 7.38. The summed E-state index contributed by atoms with van der Waals surface area (Å²) in [6.07, 6.45) is 9.03. The van der Waals surface area contributed by atoms with Crippen LogP contribution in [0.5, 0.6) is 0 Å². The van der Waals surface area contributed by atoms with Crippen LogP contribution in [0.4, 0.5) is 0 Å². The average molecular weight is 240 g/mol. The van der Waals surface area contributed by atoms with Crippen molar-refractivity contribution in [2.24, 2.45) is 5.92 Å². The first-order valence-electron chi connectivity index (χ1n) is 7.17. The predicted molar refractivity (Wildman–Crippen MR) is 75.7 cm³/mol. The zero-order valence-corrected chi connectivity index (χ0v) is 12.7. The Labute approximate surface area is 103 Å². The van der Waals surface area contributed by atoms with E-state index >= 15 is 0 Å². The molecule has 1 heteroatoms. The van der Waals surface area contributed by atoms with E-state index in [-0.39, 0.29) is 7.92 Å². The van der Waals surface area contributed by atoms with Gasteiger partial charge in [0.1, 0.15) is 0 Å². The fraction of sp³-hybridized carbons (Fsp3) is 1.00. The summed E-state index contributed by atoms with van der Waals surface area (Å²) in [5, 5.41) is 1.34. The second-order valence-corrected chi connectivity index (χ2v) is 11.1. The second-order valence-electron chi connectivity index (χ2n) is 7.11. The molecule has 1 aliphatic carbocycles. The highest BCUT2D eigenvalue weighted by molar-refractivity contribution is 7.61. The molecule has 0 aromatic carbocycles. The van der Waals surface area contributed by atoms with Crippen LogP contribution in [0, 0.1) is 5.92 Å². The standard InChI is InChI=1S/C15H29P/c1-12(2)16-14(3,4)11-9-13-8-6-7-10-15(13,16)5/h12-13H,6-11H2,1-5H3. The maximum absolute atomic E-state index is 2.64. The molecule has 3 unspecified atom stereocenters. The molecule has 0 N–H and O–H groups in total. The lowest BCUT2D eigenvalue weighted by atomic mass is 9.75. The number of hydrogen-bond acceptors (Lipinski definition) is 0. The Morgan fingerprint density at radius 1 is 1.00 bits per heavy atom. The van der Waals surface area contributed by atoms with Crippen molar-refractivity contribution in [3.8, 4) is 0 Å². The lowest BCUT2D eigenvalue weighted by Crippen LogP contribution is -2.47. The molecule has 1 heterocycles. The van der Waals surface area contributed by atoms with Crippen molar-refractivity contribution in [1.82, 2.24) is 0 Å². The fourth-order valence-electron chi connectivity index (χ4n) is 4.79. The molecule has 16 heavy (non-hydrogen) atoms. The molecule has 0 bridgehead atoms. The predicted octanol–water partition coefficient (Wildman–Crippen LogP) is 5.40. The largest absolute Gasteiger partial charge is 0.0919 e. The highest BCUT2D eigenvalue weighted by atomic mass is 31.1. The number of hydrogen-bond donors (Lipinski definition) is 0. The minimum atomic E-state index is 0.187. The molecule has 0 nitrogen and oxygen atoms in total. The third kappa shape index (κ3) is 1.96. The number of fused-ring (bicyclic) bond motifs is 1. The van der Waals surface area contributed by atoms with Crippen molar-refractivity contribution in [2.75, 3.05) is 0 Å². The van der Waals surface area contributed by atoms with E-state index in [2.05, 4.69) is 34.6 Å². The molecule has 0 radical (unpaired) electrons. The van der Waals surface area contributed by atoms with E-state index in [4.69, 9.17) is 0 Å². The SMILES string of the molecule is CC(C)P1C(C)(C)CCC2CCCCC21C. The molecule has 2 rings (SSSR count). The van der Waals surface area contributed by atoms with E-state index in [0.717, 1.165) is 11.6 Å². The summed E-state index contributed by atoms with van der Waals surface area (Å²) in [5.74, 6) is 1.06. The van der Waals surface area contributed by atoms with Crippen LogP contribution in [-0.4, -0.2) is 16.0 Å². The van der Waals surface area contributed by atoms with Gasteiger partial charge in [0.05, 0.1) is 0 Å². The van der Waals surface area contributed by atoms with E-state index < -0.39 is 0 Å². The number of rotatable bonds is 1. The van der Waals surface area contributed by atoms with Gasteiger partial charge >= 0.3 is 0 Å². The Kier molecular flexibility index (Phi) is 3.44. The van der Waals surface area contributed by atoms with Crippen LogP contribution in [0.3, 0.4) is 0 Å². The Balaban J connectivity index is 2.32. The first kappa shape index (κ1) is 12.9. The average Bonchev–Trinajstić information content (AvgIpc) is 2.14. The lowest BCUT2D eigenvalue weighted by Gasteiger charge is -2.59. The van der Waals surface area contributed by atoms with Gasteiger partial charge in [-0.1, -0.05) is 55.4 Å². The monoisotopic (exact) mass is 240 g/mol. The Morgan fingerprint density at radius 3 is 2.31 bits per heavy atom. The van der Waals surface area contributed by atoms with Gasteiger partial charge < -0.3 is 0 Å². The summed E-state index contributed by atoms with van der Waals surface area (Å²) >= 11 is 0. The van der Waals surface area contributed by atoms with Crippen LogP contribution < -0.4 is 0 Å². The minimum Gasteiger partial charge on any atom is -0.0919 e. The van der Waals surface area contributed by atoms with Gasteiger partial charge in [-0.05, 0) is 47.6 Å². The molecule has 0 spiro atoms. The van der Waals surface area contributed by atoms with Crippen molar-refractivity contribution >= 4 is 7.92 Å². The van der Waals surface area contributed by atoms with Gasteiger partial charge in [0.15, 0.2) is 0 Å². The van der Waals surface area contributed by atoms with Crippen molar-refractivity contribution in [3.63, 3.8) is 0 Å². The lowest BCUT2D eigenvalue weighted by molar-refractivity contribution is 0.234. The van der Waals surface area contributed by atoms with Crippen LogP contribution in [0.1, 0.15) is 73.1 Å². The maximum atomic E-state index is 2.64. The Morgan fingerprint density at radius 2 is 1.69 bits per heavy atom. The molecule has 0 amide bonds. The maximum Gasteiger partial charge on any atom is -0.00874 e. The molecule has 1 aliphatic heterocycles. The van der Waals surface area contributed by atoms with Crippen molar-refractivity contribution in [1.29, 1.82) is 0 Å². The third-order valence-corrected chi connectivity index (χ3v) is 9.44. The molecule has 2 fully saturated rings. The topological polar surface area (TPSA) is 0 Å². The van der Waals surface area contributed by atoms with Gasteiger partial charge in [0, 0.05) is 0 Å². The fourth-order valence-corrected chi connectivity index (χ4v) is 10.2. The van der Waals surface area contributed by atoms with E-state index in [1.807, 2.05) is 0 Å². The molecule has 3 atom stereocenters. The van der Waals surface area contributed by atoms with E-state index in [0.29, 0.717) is 10.3 Å². The molecule has 1 saturated carbocycles. The third-order valence-electron chi connectivity index (χ3n) is 5.19. The van der Waals surface area contributed by atoms with Gasteiger partial charge in [-0.15, -0.1) is 0 Å². The zero-order chi connectivity index (χ0) is 12.0. The van der Waals surface area contributed by atoms with E-state index in [9.17, 15) is 0 Å². The van der Waals surface area contributed by atoms with Crippen LogP contribution in [0.15, 0.2) is 0 Å². The van der Waals surface area contributed by atoms with Gasteiger partial charge in [-0.2, -0.15) is 0 Å². The van der Waals surface area contributed by atoms with E-state index in [1.54, 1.807) is 0 Å². The Bertz CT molecular complexity index is 256. The highest BCUT2D eigenvalue weighted by Crippen LogP contribution is 2.72. The molecule has 94 valence electrons. The molecule has 0 aromatic rings. The summed E-state index contributed by atoms with van der Waals surface area (Å²) in [6, 6.07) is 0. The van der Waals surface area contributed by atoms with Crippen molar-refractivity contribution in [2.45, 2.75) is 89.1 Å². The zero-order valence-electron chi connectivity index (χ0n) is 11.8. The smallest absolute Gasteiger partial charge is 0.00874 e. The summed E-state index contributed by atoms with van der Waals surface area (Å²) in [6.45, 7) is 12.7. The van der Waals surface area contributed by atoms with Gasteiger partial charge in [0.2, 0.25) is 0 Å².